The van der Waals surface area contributed by atoms with Gasteiger partial charge in [0.05, 0.1) is 0 Å². The van der Waals surface area contributed by atoms with E-state index in [-0.39, 0.29) is 0 Å². The maximum atomic E-state index is 4.64. The van der Waals surface area contributed by atoms with Gasteiger partial charge in [-0.05, 0) is 0 Å². The van der Waals surface area contributed by atoms with E-state index >= 15 is 0 Å². The Morgan fingerprint density at radius 2 is 1.95 bits per heavy atom. The van der Waals surface area contributed by atoms with Crippen molar-refractivity contribution in [2.75, 3.05) is 5.32 Å². The Bertz CT molecular complexity index is 714. The summed E-state index contributed by atoms with van der Waals surface area (Å²) in [4.78, 5) is 4.64. The van der Waals surface area contributed by atoms with Crippen LogP contribution in [0.1, 0.15) is 10.1 Å². The van der Waals surface area contributed by atoms with Crippen molar-refractivity contribution < 1.29 is 0 Å². The molecule has 1 heterocycles. The Morgan fingerprint density at radius 3 is 2.79 bits per heavy atom. The number of aryl methyl sites for hydroxylation is 1. The summed E-state index contributed by atoms with van der Waals surface area (Å²) < 4.78 is 2.54. The summed E-state index contributed by atoms with van der Waals surface area (Å²) in [5.41, 5.74) is 3.53. The third-order valence-electron chi connectivity index (χ3n) is 2.81. The van der Waals surface area contributed by atoms with E-state index in [1.165, 1.54) is 9.82 Å². The van der Waals surface area contributed by atoms with Gasteiger partial charge in [-0.1, -0.05) is 0 Å². The molecule has 0 unspecified atom stereocenters. The number of fused-ring (bicyclic) bond motifs is 1. The van der Waals surface area contributed by atoms with Gasteiger partial charge in [0, 0.05) is 0 Å². The predicted octanol–water partition coefficient (Wildman–Crippen LogP) is 3.68. The third-order valence-corrected chi connectivity index (χ3v) is 4.87. The number of hydrogen-bond acceptors (Lipinski definition) is 2. The molecule has 0 bridgehead atoms. The zero-order chi connectivity index (χ0) is 13.1. The second kappa shape index (κ2) is 5.43. The molecule has 3 heteroatoms. The molecule has 0 radical (unpaired) electrons. The average Bonchev–Trinajstić information content (AvgIpc) is 2.82. The standard InChI is InChI=1S/C16H14N2Se/c1-12-7-8-14-15(11-12)19-16(18-14)9-10-17-13-5-3-2-4-6-13/h2-11,17H,1H3. The molecule has 0 atom stereocenters. The first-order chi connectivity index (χ1) is 9.31. The number of nitrogens with zero attached hydrogens (tertiary/aromatic N) is 1. The van der Waals surface area contributed by atoms with E-state index in [2.05, 4.69) is 41.5 Å². The van der Waals surface area contributed by atoms with Crippen LogP contribution in [0.25, 0.3) is 15.9 Å². The molecule has 1 aromatic heterocycles. The molecule has 1 N–H and O–H groups in total. The molecule has 94 valence electrons. The number of nitrogens with one attached hydrogen (secondary N) is 1. The van der Waals surface area contributed by atoms with Crippen molar-refractivity contribution in [3.05, 3.63) is 64.9 Å². The fraction of sp³-hybridized carbons (Fsp3) is 0.0625. The number of aromatic nitrogens is 1. The minimum atomic E-state index is 0.330. The molecule has 0 saturated carbocycles. The second-order valence-electron chi connectivity index (χ2n) is 4.37. The normalized spacial score (nSPS) is 11.2. The SMILES string of the molecule is Cc1ccc2nc(C=CNc3ccccc3)[se]c2c1. The van der Waals surface area contributed by atoms with Crippen LogP contribution in [-0.2, 0) is 0 Å². The van der Waals surface area contributed by atoms with Gasteiger partial charge < -0.3 is 0 Å². The van der Waals surface area contributed by atoms with E-state index in [1.807, 2.05) is 36.5 Å². The Kier molecular flexibility index (Phi) is 3.49. The number of para-hydroxylation sites is 1. The summed E-state index contributed by atoms with van der Waals surface area (Å²) >= 11 is 0.330. The zero-order valence-corrected chi connectivity index (χ0v) is 12.3. The van der Waals surface area contributed by atoms with E-state index in [0.29, 0.717) is 14.5 Å². The first-order valence-corrected chi connectivity index (χ1v) is 7.88. The van der Waals surface area contributed by atoms with Crippen LogP contribution in [0.4, 0.5) is 5.69 Å². The van der Waals surface area contributed by atoms with E-state index in [4.69, 9.17) is 0 Å². The van der Waals surface area contributed by atoms with Gasteiger partial charge in [0.2, 0.25) is 0 Å². The molecule has 2 nitrogen and oxygen atoms in total. The molecule has 19 heavy (non-hydrogen) atoms. The van der Waals surface area contributed by atoms with E-state index in [0.717, 1.165) is 15.8 Å². The van der Waals surface area contributed by atoms with Crippen molar-refractivity contribution in [1.29, 1.82) is 0 Å². The van der Waals surface area contributed by atoms with Gasteiger partial charge in [0.1, 0.15) is 0 Å². The molecule has 0 aliphatic carbocycles. The van der Waals surface area contributed by atoms with Gasteiger partial charge in [-0.2, -0.15) is 0 Å². The van der Waals surface area contributed by atoms with E-state index in [9.17, 15) is 0 Å². The van der Waals surface area contributed by atoms with Crippen LogP contribution in [0.5, 0.6) is 0 Å². The van der Waals surface area contributed by atoms with Crippen LogP contribution in [0, 0.1) is 6.92 Å². The van der Waals surface area contributed by atoms with Crippen LogP contribution in [0.15, 0.2) is 54.7 Å². The summed E-state index contributed by atoms with van der Waals surface area (Å²) in [7, 11) is 0. The molecule has 0 spiro atoms. The molecule has 0 saturated heterocycles. The molecule has 0 fully saturated rings. The molecule has 3 aromatic rings. The third kappa shape index (κ3) is 2.95. The second-order valence-corrected chi connectivity index (χ2v) is 6.60. The summed E-state index contributed by atoms with van der Waals surface area (Å²) in [6.07, 6.45) is 4.04. The summed E-state index contributed by atoms with van der Waals surface area (Å²) in [5, 5.41) is 3.26. The van der Waals surface area contributed by atoms with Gasteiger partial charge in [0.25, 0.3) is 0 Å². The van der Waals surface area contributed by atoms with Crippen LogP contribution >= 0.6 is 0 Å². The first kappa shape index (κ1) is 12.2. The Balaban J connectivity index is 1.78. The number of benzene rings is 2. The fourth-order valence-electron chi connectivity index (χ4n) is 1.86. The molecule has 0 aliphatic heterocycles. The number of rotatable bonds is 3. The summed E-state index contributed by atoms with van der Waals surface area (Å²) in [6.45, 7) is 2.13. The monoisotopic (exact) mass is 314 g/mol. The Labute approximate surface area is 118 Å². The molecular formula is C16H14N2Se. The minimum absolute atomic E-state index is 0.330. The Morgan fingerprint density at radius 1 is 1.11 bits per heavy atom. The quantitative estimate of drug-likeness (QED) is 0.746. The van der Waals surface area contributed by atoms with Crippen molar-refractivity contribution in [3.63, 3.8) is 0 Å². The topological polar surface area (TPSA) is 24.9 Å². The van der Waals surface area contributed by atoms with Crippen molar-refractivity contribution >= 4 is 36.0 Å². The van der Waals surface area contributed by atoms with Crippen molar-refractivity contribution in [3.8, 4) is 0 Å². The van der Waals surface area contributed by atoms with Crippen molar-refractivity contribution in [1.82, 2.24) is 4.98 Å². The number of hydrogen-bond donors (Lipinski definition) is 1. The summed E-state index contributed by atoms with van der Waals surface area (Å²) in [5.74, 6) is 0. The maximum absolute atomic E-state index is 4.64. The Hall–Kier alpha value is -1.83. The fourth-order valence-corrected chi connectivity index (χ4v) is 3.90. The first-order valence-electron chi connectivity index (χ1n) is 6.16. The van der Waals surface area contributed by atoms with Crippen LogP contribution < -0.4 is 5.32 Å². The average molecular weight is 313 g/mol. The zero-order valence-electron chi connectivity index (χ0n) is 10.6. The molecule has 0 amide bonds. The van der Waals surface area contributed by atoms with Crippen LogP contribution in [0.2, 0.25) is 0 Å². The van der Waals surface area contributed by atoms with Gasteiger partial charge in [-0.3, -0.25) is 0 Å². The number of anilines is 1. The van der Waals surface area contributed by atoms with Gasteiger partial charge in [-0.25, -0.2) is 0 Å². The molecular weight excluding hydrogens is 299 g/mol. The van der Waals surface area contributed by atoms with Gasteiger partial charge in [0.15, 0.2) is 0 Å². The van der Waals surface area contributed by atoms with Crippen molar-refractivity contribution in [2.45, 2.75) is 6.92 Å². The van der Waals surface area contributed by atoms with Gasteiger partial charge in [-0.15, -0.1) is 0 Å². The molecule has 3 rings (SSSR count). The van der Waals surface area contributed by atoms with E-state index in [1.54, 1.807) is 0 Å². The van der Waals surface area contributed by atoms with Crippen molar-refractivity contribution in [2.24, 2.45) is 0 Å². The predicted molar refractivity (Wildman–Crippen MR) is 82.5 cm³/mol. The molecule has 2 aromatic carbocycles. The molecule has 0 aliphatic rings. The van der Waals surface area contributed by atoms with Crippen LogP contribution in [-0.4, -0.2) is 19.5 Å². The van der Waals surface area contributed by atoms with Gasteiger partial charge >= 0.3 is 118 Å². The van der Waals surface area contributed by atoms with E-state index < -0.39 is 0 Å². The van der Waals surface area contributed by atoms with Crippen LogP contribution in [0.3, 0.4) is 0 Å². The summed E-state index contributed by atoms with van der Waals surface area (Å²) in [6, 6.07) is 16.6.